The van der Waals surface area contributed by atoms with Crippen LogP contribution in [0.3, 0.4) is 0 Å². The number of likely N-dealkylation sites (tertiary alicyclic amines) is 2. The Hall–Kier alpha value is -5.90. The number of nitrogens with zero attached hydrogens (tertiary/aromatic N) is 4. The highest BCUT2D eigenvalue weighted by Gasteiger charge is 2.35. The minimum atomic E-state index is -0.542. The highest BCUT2D eigenvalue weighted by Crippen LogP contribution is 2.35. The zero-order valence-electron chi connectivity index (χ0n) is 30.3. The summed E-state index contributed by atoms with van der Waals surface area (Å²) in [4.78, 5) is 45.7. The quantitative estimate of drug-likeness (QED) is 0.171. The summed E-state index contributed by atoms with van der Waals surface area (Å²) in [6, 6.07) is 30.9. The van der Waals surface area contributed by atoms with Crippen LogP contribution in [0.5, 0.6) is 0 Å². The van der Waals surface area contributed by atoms with Crippen molar-refractivity contribution in [2.24, 2.45) is 0 Å². The lowest BCUT2D eigenvalue weighted by atomic mass is 9.98. The van der Waals surface area contributed by atoms with Crippen LogP contribution in [-0.4, -0.2) is 60.6 Å². The maximum Gasteiger partial charge on any atom is 0.410 e. The second-order valence-electron chi connectivity index (χ2n) is 14.9. The summed E-state index contributed by atoms with van der Waals surface area (Å²) in [5.41, 5.74) is 6.57. The van der Waals surface area contributed by atoms with Crippen LogP contribution < -0.4 is 0 Å². The number of rotatable bonds is 7. The molecule has 2 atom stereocenters. The molecular weight excluding hydrogens is 665 g/mol. The van der Waals surface area contributed by atoms with Crippen LogP contribution in [0, 0.1) is 0 Å². The molecule has 10 heteroatoms. The summed E-state index contributed by atoms with van der Waals surface area (Å²) in [6.45, 7) is 7.23. The Bertz CT molecular complexity index is 2240. The van der Waals surface area contributed by atoms with Gasteiger partial charge in [-0.25, -0.2) is 19.6 Å². The highest BCUT2D eigenvalue weighted by molar-refractivity contribution is 5.90. The monoisotopic (exact) mass is 708 g/mol. The second kappa shape index (κ2) is 14.3. The zero-order valence-corrected chi connectivity index (χ0v) is 30.3. The topological polar surface area (TPSA) is 116 Å². The van der Waals surface area contributed by atoms with Crippen LogP contribution in [0.1, 0.15) is 75.8 Å². The molecule has 2 aromatic heterocycles. The van der Waals surface area contributed by atoms with Gasteiger partial charge < -0.3 is 19.4 Å². The predicted octanol–water partition coefficient (Wildman–Crippen LogP) is 9.83. The van der Waals surface area contributed by atoms with E-state index < -0.39 is 5.60 Å². The highest BCUT2D eigenvalue weighted by atomic mass is 16.6. The maximum atomic E-state index is 13.0. The molecule has 0 saturated carbocycles. The van der Waals surface area contributed by atoms with Crippen molar-refractivity contribution in [3.05, 3.63) is 121 Å². The molecule has 2 N–H and O–H groups in total. The fourth-order valence-corrected chi connectivity index (χ4v) is 7.40. The molecule has 2 amide bonds. The largest absolute Gasteiger partial charge is 0.445 e. The molecule has 2 aliphatic rings. The van der Waals surface area contributed by atoms with Crippen molar-refractivity contribution < 1.29 is 19.1 Å². The van der Waals surface area contributed by atoms with E-state index in [1.807, 2.05) is 63.5 Å². The number of amides is 2. The van der Waals surface area contributed by atoms with Crippen molar-refractivity contribution in [2.75, 3.05) is 13.1 Å². The van der Waals surface area contributed by atoms with Crippen molar-refractivity contribution in [3.8, 4) is 33.6 Å². The van der Waals surface area contributed by atoms with Gasteiger partial charge in [0, 0.05) is 18.7 Å². The average Bonchev–Trinajstić information content (AvgIpc) is 4.00. The van der Waals surface area contributed by atoms with Gasteiger partial charge in [0.05, 0.1) is 35.9 Å². The first-order chi connectivity index (χ1) is 25.7. The number of H-pyrrole nitrogens is 2. The van der Waals surface area contributed by atoms with Gasteiger partial charge in [0.2, 0.25) is 0 Å². The van der Waals surface area contributed by atoms with Gasteiger partial charge >= 0.3 is 12.2 Å². The van der Waals surface area contributed by atoms with Gasteiger partial charge in [-0.3, -0.25) is 9.80 Å². The number of nitrogens with one attached hydrogen (secondary N) is 2. The van der Waals surface area contributed by atoms with E-state index in [0.717, 1.165) is 87.3 Å². The Morgan fingerprint density at radius 3 is 1.83 bits per heavy atom. The lowest BCUT2D eigenvalue weighted by molar-refractivity contribution is 0.0218. The van der Waals surface area contributed by atoms with Crippen molar-refractivity contribution in [2.45, 2.75) is 70.7 Å². The number of aromatic amines is 2. The normalized spacial score (nSPS) is 17.4. The van der Waals surface area contributed by atoms with Gasteiger partial charge in [-0.2, -0.15) is 0 Å². The maximum absolute atomic E-state index is 13.0. The Labute approximate surface area is 309 Å². The first-order valence-corrected chi connectivity index (χ1v) is 18.4. The standard InChI is InChI=1S/C43H44N6O4/c1-43(2,3)53-42(51)49-22-8-12-38(49)40-45-26-36(47-40)34-20-19-32-23-31(17-18-33(32)24-34)29-13-15-30(16-14-29)35-25-44-39(46-35)37-11-7-21-48(37)41(50)52-27-28-9-5-4-6-10-28/h4-6,9-10,13-20,23-26,37-38H,7-8,11-12,21-22,27H2,1-3H3,(H,44,46)(H,45,47). The lowest BCUT2D eigenvalue weighted by Crippen LogP contribution is -2.36. The molecule has 0 radical (unpaired) electrons. The molecule has 4 heterocycles. The molecule has 2 aliphatic heterocycles. The van der Waals surface area contributed by atoms with E-state index in [1.165, 1.54) is 0 Å². The van der Waals surface area contributed by atoms with Crippen LogP contribution in [0.4, 0.5) is 9.59 Å². The number of carbonyl (C=O) groups is 2. The van der Waals surface area contributed by atoms with E-state index >= 15 is 0 Å². The molecule has 53 heavy (non-hydrogen) atoms. The Kier molecular flexibility index (Phi) is 9.20. The first-order valence-electron chi connectivity index (χ1n) is 18.4. The summed E-state index contributed by atoms with van der Waals surface area (Å²) < 4.78 is 11.3. The molecular formula is C43H44N6O4. The van der Waals surface area contributed by atoms with Gasteiger partial charge in [0.25, 0.3) is 0 Å². The number of imidazole rings is 2. The second-order valence-corrected chi connectivity index (χ2v) is 14.9. The fourth-order valence-electron chi connectivity index (χ4n) is 7.40. The van der Waals surface area contributed by atoms with Crippen molar-refractivity contribution in [3.63, 3.8) is 0 Å². The molecule has 0 bridgehead atoms. The minimum absolute atomic E-state index is 0.123. The van der Waals surface area contributed by atoms with Crippen LogP contribution in [0.2, 0.25) is 0 Å². The van der Waals surface area contributed by atoms with Gasteiger partial charge in [-0.1, -0.05) is 78.9 Å². The Morgan fingerprint density at radius 2 is 1.21 bits per heavy atom. The summed E-state index contributed by atoms with van der Waals surface area (Å²) in [5.74, 6) is 1.56. The number of hydrogen-bond donors (Lipinski definition) is 2. The van der Waals surface area contributed by atoms with E-state index in [-0.39, 0.29) is 30.9 Å². The van der Waals surface area contributed by atoms with Crippen LogP contribution in [0.25, 0.3) is 44.4 Å². The summed E-state index contributed by atoms with van der Waals surface area (Å²) in [7, 11) is 0. The van der Waals surface area contributed by atoms with Crippen LogP contribution in [-0.2, 0) is 16.1 Å². The van der Waals surface area contributed by atoms with E-state index in [4.69, 9.17) is 9.47 Å². The summed E-state index contributed by atoms with van der Waals surface area (Å²) in [5, 5.41) is 2.27. The lowest BCUT2D eigenvalue weighted by Gasteiger charge is -2.27. The molecule has 2 saturated heterocycles. The van der Waals surface area contributed by atoms with Crippen molar-refractivity contribution in [1.29, 1.82) is 0 Å². The Balaban J connectivity index is 0.928. The molecule has 4 aromatic carbocycles. The van der Waals surface area contributed by atoms with Gasteiger partial charge in [0.15, 0.2) is 0 Å². The average molecular weight is 709 g/mol. The van der Waals surface area contributed by atoms with Crippen molar-refractivity contribution >= 4 is 23.0 Å². The van der Waals surface area contributed by atoms with E-state index in [1.54, 1.807) is 9.80 Å². The molecule has 0 spiro atoms. The smallest absolute Gasteiger partial charge is 0.410 e. The minimum Gasteiger partial charge on any atom is -0.445 e. The zero-order chi connectivity index (χ0) is 36.5. The van der Waals surface area contributed by atoms with Gasteiger partial charge in [-0.05, 0) is 91.6 Å². The van der Waals surface area contributed by atoms with E-state index in [0.29, 0.717) is 13.1 Å². The fraction of sp³-hybridized carbons (Fsp3) is 0.302. The van der Waals surface area contributed by atoms with Crippen LogP contribution in [0.15, 0.2) is 103 Å². The number of fused-ring (bicyclic) bond motifs is 1. The molecule has 10 nitrogen and oxygen atoms in total. The number of hydrogen-bond acceptors (Lipinski definition) is 6. The predicted molar refractivity (Wildman–Crippen MR) is 205 cm³/mol. The van der Waals surface area contributed by atoms with Crippen LogP contribution >= 0.6 is 0 Å². The molecule has 8 rings (SSSR count). The Morgan fingerprint density at radius 1 is 0.679 bits per heavy atom. The molecule has 0 aliphatic carbocycles. The number of aromatic nitrogens is 4. The van der Waals surface area contributed by atoms with E-state index in [9.17, 15) is 9.59 Å². The molecule has 6 aromatic rings. The third kappa shape index (κ3) is 7.40. The SMILES string of the molecule is CC(C)(C)OC(=O)N1CCCC1c1ncc(-c2ccc3cc(-c4ccc(-c5cnc(C6CCCN6C(=O)OCc6ccccc6)[nH]5)cc4)ccc3c2)[nH]1. The summed E-state index contributed by atoms with van der Waals surface area (Å²) in [6.07, 6.45) is 6.60. The number of ether oxygens (including phenoxy) is 2. The number of benzene rings is 4. The molecule has 270 valence electrons. The van der Waals surface area contributed by atoms with Gasteiger partial charge in [-0.15, -0.1) is 0 Å². The number of carbonyl (C=O) groups excluding carboxylic acids is 2. The first kappa shape index (κ1) is 34.2. The third-order valence-corrected chi connectivity index (χ3v) is 10.1. The summed E-state index contributed by atoms with van der Waals surface area (Å²) >= 11 is 0. The third-order valence-electron chi connectivity index (χ3n) is 10.1. The van der Waals surface area contributed by atoms with Gasteiger partial charge in [0.1, 0.15) is 23.9 Å². The van der Waals surface area contributed by atoms with Crippen molar-refractivity contribution in [1.82, 2.24) is 29.7 Å². The molecule has 2 unspecified atom stereocenters. The van der Waals surface area contributed by atoms with E-state index in [2.05, 4.69) is 80.6 Å². The molecule has 2 fully saturated rings.